The summed E-state index contributed by atoms with van der Waals surface area (Å²) in [5.74, 6) is -0.347. The zero-order valence-corrected chi connectivity index (χ0v) is 18.4. The van der Waals surface area contributed by atoms with Crippen LogP contribution in [0.4, 0.5) is 0 Å². The van der Waals surface area contributed by atoms with Crippen LogP contribution in [-0.4, -0.2) is 13.1 Å². The lowest BCUT2D eigenvalue weighted by molar-refractivity contribution is -0.149. The highest BCUT2D eigenvalue weighted by molar-refractivity contribution is 6.32. The van der Waals surface area contributed by atoms with Gasteiger partial charge in [-0.15, -0.1) is 0 Å². The summed E-state index contributed by atoms with van der Waals surface area (Å²) in [6.45, 7) is 1.87. The minimum atomic E-state index is -1.01. The van der Waals surface area contributed by atoms with Crippen LogP contribution in [0.5, 0.6) is 5.75 Å². The van der Waals surface area contributed by atoms with Crippen molar-refractivity contribution in [3.63, 3.8) is 0 Å². The number of carbonyl (C=O) groups is 1. The summed E-state index contributed by atoms with van der Waals surface area (Å²) in [5.41, 5.74) is 2.91. The van der Waals surface area contributed by atoms with Crippen LogP contribution in [-0.2, 0) is 16.0 Å². The predicted octanol–water partition coefficient (Wildman–Crippen LogP) is 5.64. The first-order chi connectivity index (χ1) is 15.5. The topological polar surface area (TPSA) is 65.7 Å². The number of hydrogen-bond acceptors (Lipinski definition) is 5. The van der Waals surface area contributed by atoms with Crippen LogP contribution in [0.25, 0.3) is 11.0 Å². The standard InChI is InChI=1S/C26H21ClO5/c1-16-19-14-21(27)23(31-24(26(29)30-2)18-11-7-4-8-12-18)15-22(19)32-25(28)20(16)13-17-9-5-3-6-10-17/h3-12,14-15,24H,13H2,1-2H3/t24-/m0/s1. The fourth-order valence-electron chi connectivity index (χ4n) is 3.60. The van der Waals surface area contributed by atoms with E-state index in [0.717, 1.165) is 11.1 Å². The normalized spacial score (nSPS) is 11.8. The van der Waals surface area contributed by atoms with Crippen molar-refractivity contribution in [2.75, 3.05) is 7.11 Å². The van der Waals surface area contributed by atoms with Gasteiger partial charge in [-0.1, -0.05) is 72.3 Å². The van der Waals surface area contributed by atoms with Gasteiger partial charge in [-0.05, 0) is 24.1 Å². The summed E-state index contributed by atoms with van der Waals surface area (Å²) >= 11 is 6.51. The maximum Gasteiger partial charge on any atom is 0.351 e. The Bertz CT molecular complexity index is 1310. The van der Waals surface area contributed by atoms with E-state index in [4.69, 9.17) is 25.5 Å². The molecule has 4 rings (SSSR count). The van der Waals surface area contributed by atoms with Gasteiger partial charge in [-0.2, -0.15) is 0 Å². The molecular weight excluding hydrogens is 428 g/mol. The molecule has 0 aliphatic heterocycles. The van der Waals surface area contributed by atoms with Crippen molar-refractivity contribution >= 4 is 28.5 Å². The summed E-state index contributed by atoms with van der Waals surface area (Å²) in [4.78, 5) is 25.1. The third-order valence-electron chi connectivity index (χ3n) is 5.33. The number of esters is 1. The SMILES string of the molecule is COC(=O)[C@@H](Oc1cc2oc(=O)c(Cc3ccccc3)c(C)c2cc1Cl)c1ccccc1. The number of ether oxygens (including phenoxy) is 2. The molecule has 0 saturated heterocycles. The van der Waals surface area contributed by atoms with Gasteiger partial charge in [0.15, 0.2) is 0 Å². The molecule has 0 amide bonds. The Kier molecular flexibility index (Phi) is 6.28. The third kappa shape index (κ3) is 4.39. The molecule has 0 spiro atoms. The number of hydrogen-bond donors (Lipinski definition) is 0. The van der Waals surface area contributed by atoms with Gasteiger partial charge in [0.1, 0.15) is 11.3 Å². The molecule has 0 bridgehead atoms. The first kappa shape index (κ1) is 21.7. The summed E-state index contributed by atoms with van der Waals surface area (Å²) in [5, 5.41) is 1.01. The number of methoxy groups -OCH3 is 1. The average molecular weight is 449 g/mol. The molecule has 1 heterocycles. The summed E-state index contributed by atoms with van der Waals surface area (Å²) < 4.78 is 16.4. The number of fused-ring (bicyclic) bond motifs is 1. The molecule has 5 nitrogen and oxygen atoms in total. The average Bonchev–Trinajstić information content (AvgIpc) is 2.82. The summed E-state index contributed by atoms with van der Waals surface area (Å²) in [6, 6.07) is 21.9. The van der Waals surface area contributed by atoms with Crippen LogP contribution in [0.2, 0.25) is 5.02 Å². The Labute approximate surface area is 190 Å². The van der Waals surface area contributed by atoms with Gasteiger partial charge in [0.25, 0.3) is 0 Å². The van der Waals surface area contributed by atoms with Gasteiger partial charge in [0, 0.05) is 29.0 Å². The molecule has 0 radical (unpaired) electrons. The van der Waals surface area contributed by atoms with Gasteiger partial charge in [0.05, 0.1) is 12.1 Å². The lowest BCUT2D eigenvalue weighted by Gasteiger charge is -2.18. The summed E-state index contributed by atoms with van der Waals surface area (Å²) in [7, 11) is 1.29. The van der Waals surface area contributed by atoms with Crippen molar-refractivity contribution in [2.45, 2.75) is 19.4 Å². The second kappa shape index (κ2) is 9.28. The zero-order chi connectivity index (χ0) is 22.7. The highest BCUT2D eigenvalue weighted by Crippen LogP contribution is 2.35. The van der Waals surface area contributed by atoms with Crippen molar-refractivity contribution in [3.8, 4) is 5.75 Å². The van der Waals surface area contributed by atoms with Crippen LogP contribution in [0.15, 0.2) is 82.0 Å². The van der Waals surface area contributed by atoms with E-state index in [-0.39, 0.29) is 5.75 Å². The van der Waals surface area contributed by atoms with Crippen LogP contribution >= 0.6 is 11.6 Å². The van der Waals surface area contributed by atoms with E-state index in [1.54, 1.807) is 30.3 Å². The Morgan fingerprint density at radius 1 is 1.03 bits per heavy atom. The van der Waals surface area contributed by atoms with Crippen LogP contribution < -0.4 is 10.4 Å². The first-order valence-electron chi connectivity index (χ1n) is 10.1. The van der Waals surface area contributed by atoms with Crippen LogP contribution in [0, 0.1) is 6.92 Å². The molecule has 162 valence electrons. The van der Waals surface area contributed by atoms with E-state index in [1.165, 1.54) is 13.2 Å². The largest absolute Gasteiger partial charge is 0.472 e. The molecule has 0 N–H and O–H groups in total. The highest BCUT2D eigenvalue weighted by Gasteiger charge is 2.25. The molecule has 32 heavy (non-hydrogen) atoms. The lowest BCUT2D eigenvalue weighted by Crippen LogP contribution is -2.20. The predicted molar refractivity (Wildman–Crippen MR) is 123 cm³/mol. The van der Waals surface area contributed by atoms with E-state index < -0.39 is 17.7 Å². The summed E-state index contributed by atoms with van der Waals surface area (Å²) in [6.07, 6.45) is -0.555. The number of carbonyl (C=O) groups excluding carboxylic acids is 1. The Morgan fingerprint density at radius 3 is 2.34 bits per heavy atom. The monoisotopic (exact) mass is 448 g/mol. The van der Waals surface area contributed by atoms with Crippen LogP contribution in [0.3, 0.4) is 0 Å². The minimum Gasteiger partial charge on any atom is -0.472 e. The molecule has 1 atom stereocenters. The second-order valence-corrected chi connectivity index (χ2v) is 7.77. The smallest absolute Gasteiger partial charge is 0.351 e. The van der Waals surface area contributed by atoms with Gasteiger partial charge < -0.3 is 13.9 Å². The minimum absolute atomic E-state index is 0.219. The Morgan fingerprint density at radius 2 is 1.69 bits per heavy atom. The number of halogens is 1. The van der Waals surface area contributed by atoms with Crippen molar-refractivity contribution in [1.82, 2.24) is 0 Å². The second-order valence-electron chi connectivity index (χ2n) is 7.37. The fourth-order valence-corrected chi connectivity index (χ4v) is 3.81. The molecule has 0 aliphatic carbocycles. The number of rotatable bonds is 6. The molecule has 0 saturated carbocycles. The van der Waals surface area contributed by atoms with E-state index in [2.05, 4.69) is 0 Å². The van der Waals surface area contributed by atoms with Gasteiger partial charge >= 0.3 is 11.6 Å². The molecule has 0 aliphatic rings. The van der Waals surface area contributed by atoms with E-state index >= 15 is 0 Å². The van der Waals surface area contributed by atoms with Gasteiger partial charge in [-0.25, -0.2) is 9.59 Å². The Hall–Kier alpha value is -3.57. The molecule has 4 aromatic rings. The highest BCUT2D eigenvalue weighted by atomic mass is 35.5. The van der Waals surface area contributed by atoms with Crippen molar-refractivity contribution in [1.29, 1.82) is 0 Å². The molecule has 0 fully saturated rings. The third-order valence-corrected chi connectivity index (χ3v) is 5.62. The maximum atomic E-state index is 12.7. The molecule has 3 aromatic carbocycles. The first-order valence-corrected chi connectivity index (χ1v) is 10.4. The zero-order valence-electron chi connectivity index (χ0n) is 17.6. The van der Waals surface area contributed by atoms with Gasteiger partial charge in [-0.3, -0.25) is 0 Å². The number of aryl methyl sites for hydroxylation is 1. The molecule has 6 heteroatoms. The number of benzene rings is 3. The Balaban J connectivity index is 1.74. The van der Waals surface area contributed by atoms with E-state index in [1.807, 2.05) is 43.3 Å². The van der Waals surface area contributed by atoms with E-state index in [0.29, 0.717) is 33.5 Å². The van der Waals surface area contributed by atoms with Gasteiger partial charge in [0.2, 0.25) is 6.10 Å². The van der Waals surface area contributed by atoms with Crippen LogP contribution in [0.1, 0.15) is 28.4 Å². The molecular formula is C26H21ClO5. The lowest BCUT2D eigenvalue weighted by atomic mass is 9.99. The molecule has 0 unspecified atom stereocenters. The fraction of sp³-hybridized carbons (Fsp3) is 0.154. The van der Waals surface area contributed by atoms with Crippen molar-refractivity contribution in [3.05, 3.63) is 110 Å². The van der Waals surface area contributed by atoms with E-state index in [9.17, 15) is 9.59 Å². The molecule has 1 aromatic heterocycles. The van der Waals surface area contributed by atoms with Crippen molar-refractivity contribution in [2.24, 2.45) is 0 Å². The maximum absolute atomic E-state index is 12.7. The quantitative estimate of drug-likeness (QED) is 0.282. The van der Waals surface area contributed by atoms with Crippen molar-refractivity contribution < 1.29 is 18.7 Å².